The van der Waals surface area contributed by atoms with Gasteiger partial charge in [-0.25, -0.2) is 4.79 Å². The van der Waals surface area contributed by atoms with Crippen LogP contribution < -0.4 is 0 Å². The van der Waals surface area contributed by atoms with Crippen molar-refractivity contribution in [1.82, 2.24) is 4.90 Å². The maximum absolute atomic E-state index is 11.8. The number of hydrogen-bond acceptors (Lipinski definition) is 3. The third kappa shape index (κ3) is 1.89. The van der Waals surface area contributed by atoms with Crippen LogP contribution in [0.1, 0.15) is 24.9 Å². The van der Waals surface area contributed by atoms with Crippen LogP contribution in [0.4, 0.5) is 0 Å². The van der Waals surface area contributed by atoms with E-state index < -0.39 is 5.60 Å². The number of carbonyl (C=O) groups excluding carboxylic acids is 1. The number of ether oxygens (including phenoxy) is 1. The van der Waals surface area contributed by atoms with E-state index in [2.05, 4.69) is 42.8 Å². The van der Waals surface area contributed by atoms with E-state index in [-0.39, 0.29) is 11.9 Å². The minimum atomic E-state index is -0.409. The van der Waals surface area contributed by atoms with Crippen LogP contribution >= 0.6 is 0 Å². The zero-order valence-electron chi connectivity index (χ0n) is 11.4. The van der Waals surface area contributed by atoms with Gasteiger partial charge in [0, 0.05) is 24.1 Å². The van der Waals surface area contributed by atoms with Gasteiger partial charge in [-0.1, -0.05) is 36.9 Å². The van der Waals surface area contributed by atoms with Crippen LogP contribution in [0.5, 0.6) is 0 Å². The van der Waals surface area contributed by atoms with E-state index in [1.165, 1.54) is 5.56 Å². The smallest absolute Gasteiger partial charge is 0.334 e. The van der Waals surface area contributed by atoms with Crippen molar-refractivity contribution in [3.63, 3.8) is 0 Å². The molecule has 3 nitrogen and oxygen atoms in total. The number of nitrogens with zero attached hydrogens (tertiary/aromatic N) is 1. The first-order valence-corrected chi connectivity index (χ1v) is 6.68. The van der Waals surface area contributed by atoms with E-state index in [4.69, 9.17) is 4.74 Å². The molecule has 3 heteroatoms. The van der Waals surface area contributed by atoms with Crippen molar-refractivity contribution in [3.8, 4) is 0 Å². The normalized spacial score (nSPS) is 35.1. The second-order valence-electron chi connectivity index (χ2n) is 5.86. The highest BCUT2D eigenvalue weighted by Crippen LogP contribution is 2.47. The number of benzene rings is 1. The number of piperidine rings is 1. The molecule has 3 rings (SSSR count). The lowest BCUT2D eigenvalue weighted by atomic mass is 9.76. The number of carbonyl (C=O) groups is 1. The highest BCUT2D eigenvalue weighted by molar-refractivity contribution is 5.91. The van der Waals surface area contributed by atoms with Crippen LogP contribution in [0.15, 0.2) is 42.5 Å². The Morgan fingerprint density at radius 1 is 1.37 bits per heavy atom. The number of hydrogen-bond donors (Lipinski definition) is 0. The monoisotopic (exact) mass is 257 g/mol. The molecule has 0 amide bonds. The first kappa shape index (κ1) is 12.4. The third-order valence-corrected chi connectivity index (χ3v) is 4.48. The highest BCUT2D eigenvalue weighted by Gasteiger charge is 2.53. The molecule has 0 aliphatic carbocycles. The molecule has 2 heterocycles. The molecule has 0 radical (unpaired) electrons. The van der Waals surface area contributed by atoms with Gasteiger partial charge in [-0.05, 0) is 26.0 Å². The molecule has 1 aromatic carbocycles. The molecule has 1 aromatic rings. The molecule has 0 unspecified atom stereocenters. The Morgan fingerprint density at radius 2 is 2.05 bits per heavy atom. The quantitative estimate of drug-likeness (QED) is 0.572. The predicted molar refractivity (Wildman–Crippen MR) is 73.6 cm³/mol. The van der Waals surface area contributed by atoms with Crippen molar-refractivity contribution in [1.29, 1.82) is 0 Å². The van der Waals surface area contributed by atoms with E-state index in [9.17, 15) is 4.79 Å². The molecule has 0 saturated carbocycles. The van der Waals surface area contributed by atoms with E-state index in [0.29, 0.717) is 11.6 Å². The average Bonchev–Trinajstić information content (AvgIpc) is 2.59. The maximum Gasteiger partial charge on any atom is 0.334 e. The van der Waals surface area contributed by atoms with Gasteiger partial charge in [0.15, 0.2) is 0 Å². The standard InChI is InChI=1S/C16H19NO2/c1-11-13-9-14(12-7-5-4-6-8-12)17(3)10-16(13,2)19-15(11)18/h4-8,13-14H,1,9-10H2,2-3H3/t13-,14-,16-/m1/s1. The van der Waals surface area contributed by atoms with Gasteiger partial charge in [-0.3, -0.25) is 4.90 Å². The Hall–Kier alpha value is -1.61. The molecule has 2 aliphatic rings. The number of likely N-dealkylation sites (N-methyl/N-ethyl adjacent to an activating group) is 1. The minimum Gasteiger partial charge on any atom is -0.454 e. The minimum absolute atomic E-state index is 0.126. The molecule has 0 spiro atoms. The van der Waals surface area contributed by atoms with Crippen molar-refractivity contribution in [3.05, 3.63) is 48.0 Å². The summed E-state index contributed by atoms with van der Waals surface area (Å²) in [5.74, 6) is -0.101. The third-order valence-electron chi connectivity index (χ3n) is 4.48. The molecular formula is C16H19NO2. The van der Waals surface area contributed by atoms with Gasteiger partial charge < -0.3 is 4.74 Å². The van der Waals surface area contributed by atoms with Gasteiger partial charge in [0.2, 0.25) is 0 Å². The van der Waals surface area contributed by atoms with E-state index in [1.54, 1.807) is 0 Å². The highest BCUT2D eigenvalue weighted by atomic mass is 16.6. The number of rotatable bonds is 1. The summed E-state index contributed by atoms with van der Waals surface area (Å²) in [4.78, 5) is 14.0. The van der Waals surface area contributed by atoms with E-state index in [1.807, 2.05) is 13.0 Å². The van der Waals surface area contributed by atoms with Crippen molar-refractivity contribution in [2.75, 3.05) is 13.6 Å². The molecule has 2 fully saturated rings. The molecule has 3 atom stereocenters. The molecule has 0 bridgehead atoms. The number of fused-ring (bicyclic) bond motifs is 1. The molecule has 100 valence electrons. The molecule has 19 heavy (non-hydrogen) atoms. The Kier molecular flexibility index (Phi) is 2.75. The van der Waals surface area contributed by atoms with Gasteiger partial charge in [0.05, 0.1) is 0 Å². The summed E-state index contributed by atoms with van der Waals surface area (Å²) >= 11 is 0. The van der Waals surface area contributed by atoms with Crippen LogP contribution in [0.3, 0.4) is 0 Å². The maximum atomic E-state index is 11.8. The van der Waals surface area contributed by atoms with Gasteiger partial charge in [0.1, 0.15) is 5.60 Å². The van der Waals surface area contributed by atoms with Gasteiger partial charge in [-0.2, -0.15) is 0 Å². The van der Waals surface area contributed by atoms with Crippen molar-refractivity contribution < 1.29 is 9.53 Å². The Balaban J connectivity index is 1.92. The van der Waals surface area contributed by atoms with Crippen LogP contribution in [0.2, 0.25) is 0 Å². The van der Waals surface area contributed by atoms with E-state index in [0.717, 1.165) is 13.0 Å². The lowest BCUT2D eigenvalue weighted by Crippen LogP contribution is -2.50. The summed E-state index contributed by atoms with van der Waals surface area (Å²) in [7, 11) is 2.09. The Bertz CT molecular complexity index is 525. The Morgan fingerprint density at radius 3 is 2.74 bits per heavy atom. The van der Waals surface area contributed by atoms with Crippen molar-refractivity contribution in [2.24, 2.45) is 5.92 Å². The second-order valence-corrected chi connectivity index (χ2v) is 5.86. The van der Waals surface area contributed by atoms with Gasteiger partial charge in [-0.15, -0.1) is 0 Å². The molecular weight excluding hydrogens is 238 g/mol. The lowest BCUT2D eigenvalue weighted by molar-refractivity contribution is -0.151. The largest absolute Gasteiger partial charge is 0.454 e. The summed E-state index contributed by atoms with van der Waals surface area (Å²) in [5, 5.41) is 0. The molecule has 0 N–H and O–H groups in total. The zero-order valence-corrected chi connectivity index (χ0v) is 11.4. The van der Waals surface area contributed by atoms with Crippen molar-refractivity contribution >= 4 is 5.97 Å². The summed E-state index contributed by atoms with van der Waals surface area (Å²) < 4.78 is 5.54. The summed E-state index contributed by atoms with van der Waals surface area (Å²) in [5.41, 5.74) is 1.52. The fourth-order valence-electron chi connectivity index (χ4n) is 3.47. The average molecular weight is 257 g/mol. The van der Waals surface area contributed by atoms with Crippen LogP contribution in [-0.4, -0.2) is 30.1 Å². The van der Waals surface area contributed by atoms with Crippen molar-refractivity contribution in [2.45, 2.75) is 25.0 Å². The second kappa shape index (κ2) is 4.20. The fraction of sp³-hybridized carbons (Fsp3) is 0.438. The SMILES string of the molecule is C=C1C(=O)O[C@]2(C)CN(C)[C@@H](c3ccccc3)C[C@H]12. The first-order chi connectivity index (χ1) is 9.01. The predicted octanol–water partition coefficient (Wildman–Crippen LogP) is 2.55. The number of likely N-dealkylation sites (tertiary alicyclic amines) is 1. The molecule has 2 aliphatic heterocycles. The first-order valence-electron chi connectivity index (χ1n) is 6.68. The van der Waals surface area contributed by atoms with E-state index >= 15 is 0 Å². The fourth-order valence-corrected chi connectivity index (χ4v) is 3.47. The topological polar surface area (TPSA) is 29.5 Å². The molecule has 0 aromatic heterocycles. The lowest BCUT2D eigenvalue weighted by Gasteiger charge is -2.44. The number of esters is 1. The van der Waals surface area contributed by atoms with Crippen LogP contribution in [0.25, 0.3) is 0 Å². The van der Waals surface area contributed by atoms with Gasteiger partial charge >= 0.3 is 5.97 Å². The molecule has 2 saturated heterocycles. The van der Waals surface area contributed by atoms with Gasteiger partial charge in [0.25, 0.3) is 0 Å². The van der Waals surface area contributed by atoms with Crippen LogP contribution in [-0.2, 0) is 9.53 Å². The summed E-state index contributed by atoms with van der Waals surface area (Å²) in [6.07, 6.45) is 0.890. The zero-order chi connectivity index (χ0) is 13.6. The Labute approximate surface area is 113 Å². The van der Waals surface area contributed by atoms with Crippen LogP contribution in [0, 0.1) is 5.92 Å². The summed E-state index contributed by atoms with van der Waals surface area (Å²) in [6, 6.07) is 10.8. The summed E-state index contributed by atoms with van der Waals surface area (Å²) in [6.45, 7) is 6.70.